The Balaban J connectivity index is 1.82. The number of carboxylic acid groups (broad SMARTS) is 1. The van der Waals surface area contributed by atoms with Crippen molar-refractivity contribution in [2.24, 2.45) is 0 Å². The zero-order chi connectivity index (χ0) is 19.6. The quantitative estimate of drug-likeness (QED) is 0.734. The molecule has 9 heteroatoms. The fraction of sp³-hybridized carbons (Fsp3) is 0.444. The first-order chi connectivity index (χ1) is 12.9. The van der Waals surface area contributed by atoms with Gasteiger partial charge in [0, 0.05) is 37.8 Å². The van der Waals surface area contributed by atoms with E-state index in [0.717, 1.165) is 13.3 Å². The molecule has 3 rings (SSSR count). The highest BCUT2D eigenvalue weighted by Gasteiger charge is 2.42. The Bertz CT molecular complexity index is 775. The molecule has 1 aromatic rings. The third-order valence-electron chi connectivity index (χ3n) is 4.48. The van der Waals surface area contributed by atoms with Crippen LogP contribution in [0.5, 0.6) is 0 Å². The topological polar surface area (TPSA) is 113 Å². The number of carbonyl (C=O) groups excluding carboxylic acids is 3. The summed E-state index contributed by atoms with van der Waals surface area (Å²) in [7, 11) is 0. The highest BCUT2D eigenvalue weighted by molar-refractivity contribution is 6.02. The monoisotopic (exact) mass is 376 g/mol. The van der Waals surface area contributed by atoms with Crippen LogP contribution in [0.15, 0.2) is 24.3 Å². The molecule has 0 aliphatic carbocycles. The lowest BCUT2D eigenvalue weighted by Crippen LogP contribution is -2.55. The molecule has 2 amide bonds. The average molecular weight is 376 g/mol. The summed E-state index contributed by atoms with van der Waals surface area (Å²) in [6.07, 6.45) is -2.21. The van der Waals surface area contributed by atoms with Gasteiger partial charge in [-0.25, -0.2) is 4.79 Å². The lowest BCUT2D eigenvalue weighted by Gasteiger charge is -2.35. The number of rotatable bonds is 5. The van der Waals surface area contributed by atoms with Crippen LogP contribution in [-0.2, 0) is 23.9 Å². The molecule has 0 aromatic heterocycles. The van der Waals surface area contributed by atoms with Crippen LogP contribution in [-0.4, -0.2) is 72.2 Å². The minimum absolute atomic E-state index is 0.0751. The van der Waals surface area contributed by atoms with Crippen molar-refractivity contribution in [2.75, 3.05) is 31.1 Å². The van der Waals surface area contributed by atoms with Gasteiger partial charge in [-0.1, -0.05) is 6.07 Å². The second-order valence-electron chi connectivity index (χ2n) is 6.35. The number of carboxylic acids is 1. The second kappa shape index (κ2) is 7.75. The minimum Gasteiger partial charge on any atom is -0.478 e. The van der Waals surface area contributed by atoms with Crippen molar-refractivity contribution in [3.63, 3.8) is 0 Å². The summed E-state index contributed by atoms with van der Waals surface area (Å²) in [5, 5.41) is 9.28. The number of amides is 2. The Labute approximate surface area is 155 Å². The molecule has 9 nitrogen and oxygen atoms in total. The van der Waals surface area contributed by atoms with E-state index in [-0.39, 0.29) is 19.1 Å². The third-order valence-corrected chi connectivity index (χ3v) is 4.48. The minimum atomic E-state index is -1.73. The molecule has 0 spiro atoms. The SMILES string of the molecule is CC(=O)O[C@@H](C(=O)O)[C@H]1OCCN(c2cccc(C(=O)N3CCC3)c2)C1=O. The molecule has 0 radical (unpaired) electrons. The van der Waals surface area contributed by atoms with Gasteiger partial charge < -0.3 is 24.4 Å². The summed E-state index contributed by atoms with van der Waals surface area (Å²) in [6, 6.07) is 6.60. The first-order valence-corrected chi connectivity index (χ1v) is 8.61. The zero-order valence-corrected chi connectivity index (χ0v) is 14.8. The molecule has 2 saturated heterocycles. The standard InChI is InChI=1S/C18H20N2O7/c1-11(21)27-15(18(24)25)14-17(23)20(8-9-26-14)13-5-2-4-12(10-13)16(22)19-6-3-7-19/h2,4-5,10,14-15H,3,6-9H2,1H3,(H,24,25)/t14-,15-/m1/s1. The van der Waals surface area contributed by atoms with Gasteiger partial charge in [0.25, 0.3) is 11.8 Å². The van der Waals surface area contributed by atoms with E-state index >= 15 is 0 Å². The molecular formula is C18H20N2O7. The van der Waals surface area contributed by atoms with Gasteiger partial charge in [0.2, 0.25) is 6.10 Å². The Morgan fingerprint density at radius 1 is 1.26 bits per heavy atom. The second-order valence-corrected chi connectivity index (χ2v) is 6.35. The normalized spacial score (nSPS) is 20.6. The van der Waals surface area contributed by atoms with Gasteiger partial charge in [0.1, 0.15) is 0 Å². The van der Waals surface area contributed by atoms with Crippen LogP contribution in [0.3, 0.4) is 0 Å². The van der Waals surface area contributed by atoms with Crippen LogP contribution >= 0.6 is 0 Å². The van der Waals surface area contributed by atoms with E-state index in [2.05, 4.69) is 0 Å². The van der Waals surface area contributed by atoms with E-state index in [1.807, 2.05) is 0 Å². The van der Waals surface area contributed by atoms with E-state index in [1.54, 1.807) is 29.2 Å². The number of hydrogen-bond donors (Lipinski definition) is 1. The molecule has 144 valence electrons. The van der Waals surface area contributed by atoms with Crippen molar-refractivity contribution in [2.45, 2.75) is 25.6 Å². The number of carbonyl (C=O) groups is 4. The van der Waals surface area contributed by atoms with Crippen molar-refractivity contribution >= 4 is 29.4 Å². The lowest BCUT2D eigenvalue weighted by atomic mass is 10.1. The van der Waals surface area contributed by atoms with Crippen molar-refractivity contribution in [1.29, 1.82) is 0 Å². The van der Waals surface area contributed by atoms with Gasteiger partial charge in [-0.05, 0) is 24.6 Å². The largest absolute Gasteiger partial charge is 0.478 e. The first-order valence-electron chi connectivity index (χ1n) is 8.61. The number of nitrogens with zero attached hydrogens (tertiary/aromatic N) is 2. The van der Waals surface area contributed by atoms with E-state index in [4.69, 9.17) is 9.47 Å². The van der Waals surface area contributed by atoms with E-state index in [1.165, 1.54) is 4.90 Å². The van der Waals surface area contributed by atoms with Crippen molar-refractivity contribution in [3.05, 3.63) is 29.8 Å². The predicted octanol–water partition coefficient (Wildman–Crippen LogP) is 0.281. The van der Waals surface area contributed by atoms with Gasteiger partial charge in [0.15, 0.2) is 6.10 Å². The molecule has 1 aromatic carbocycles. The first kappa shape index (κ1) is 18.8. The molecule has 27 heavy (non-hydrogen) atoms. The zero-order valence-electron chi connectivity index (χ0n) is 14.8. The molecule has 2 heterocycles. The number of aliphatic carboxylic acids is 1. The molecule has 0 unspecified atom stereocenters. The summed E-state index contributed by atoms with van der Waals surface area (Å²) in [6.45, 7) is 2.76. The third kappa shape index (κ3) is 3.92. The number of likely N-dealkylation sites (tertiary alicyclic amines) is 1. The number of anilines is 1. The number of hydrogen-bond acceptors (Lipinski definition) is 6. The van der Waals surface area contributed by atoms with Crippen LogP contribution in [0.4, 0.5) is 5.69 Å². The van der Waals surface area contributed by atoms with Crippen molar-refractivity contribution in [3.8, 4) is 0 Å². The average Bonchev–Trinajstić information content (AvgIpc) is 2.58. The Morgan fingerprint density at radius 2 is 2.00 bits per heavy atom. The fourth-order valence-corrected chi connectivity index (χ4v) is 3.01. The summed E-state index contributed by atoms with van der Waals surface area (Å²) in [5.41, 5.74) is 0.921. The predicted molar refractivity (Wildman–Crippen MR) is 92.2 cm³/mol. The maximum atomic E-state index is 12.8. The summed E-state index contributed by atoms with van der Waals surface area (Å²) >= 11 is 0. The molecule has 1 N–H and O–H groups in total. The summed E-state index contributed by atoms with van der Waals surface area (Å²) < 4.78 is 10.0. The molecule has 2 fully saturated rings. The molecule has 2 aliphatic rings. The lowest BCUT2D eigenvalue weighted by molar-refractivity contribution is -0.177. The molecule has 2 aliphatic heterocycles. The van der Waals surface area contributed by atoms with Crippen molar-refractivity contribution < 1.29 is 33.8 Å². The Morgan fingerprint density at radius 3 is 2.59 bits per heavy atom. The Hall–Kier alpha value is -2.94. The molecular weight excluding hydrogens is 356 g/mol. The fourth-order valence-electron chi connectivity index (χ4n) is 3.01. The Kier molecular flexibility index (Phi) is 5.41. The highest BCUT2D eigenvalue weighted by atomic mass is 16.6. The van der Waals surface area contributed by atoms with Crippen LogP contribution in [0.2, 0.25) is 0 Å². The van der Waals surface area contributed by atoms with Gasteiger partial charge in [-0.3, -0.25) is 14.4 Å². The van der Waals surface area contributed by atoms with Gasteiger partial charge in [0.05, 0.1) is 6.61 Å². The smallest absolute Gasteiger partial charge is 0.348 e. The van der Waals surface area contributed by atoms with Crippen LogP contribution in [0.1, 0.15) is 23.7 Å². The van der Waals surface area contributed by atoms with Gasteiger partial charge in [-0.2, -0.15) is 0 Å². The number of esters is 1. The van der Waals surface area contributed by atoms with E-state index in [9.17, 15) is 24.3 Å². The van der Waals surface area contributed by atoms with Crippen LogP contribution in [0.25, 0.3) is 0 Å². The molecule has 0 saturated carbocycles. The maximum absolute atomic E-state index is 12.8. The van der Waals surface area contributed by atoms with Gasteiger partial charge in [-0.15, -0.1) is 0 Å². The number of morpholine rings is 1. The van der Waals surface area contributed by atoms with Gasteiger partial charge >= 0.3 is 11.9 Å². The number of benzene rings is 1. The van der Waals surface area contributed by atoms with Crippen LogP contribution in [0, 0.1) is 0 Å². The van der Waals surface area contributed by atoms with E-state index in [0.29, 0.717) is 24.3 Å². The number of ether oxygens (including phenoxy) is 2. The molecule has 0 bridgehead atoms. The van der Waals surface area contributed by atoms with E-state index < -0.39 is 30.1 Å². The summed E-state index contributed by atoms with van der Waals surface area (Å²) in [5.74, 6) is -3.03. The van der Waals surface area contributed by atoms with Crippen molar-refractivity contribution in [1.82, 2.24) is 4.90 Å². The molecule has 2 atom stereocenters. The highest BCUT2D eigenvalue weighted by Crippen LogP contribution is 2.24. The van der Waals surface area contributed by atoms with Crippen LogP contribution < -0.4 is 4.90 Å². The summed E-state index contributed by atoms with van der Waals surface area (Å²) in [4.78, 5) is 50.8. The maximum Gasteiger partial charge on any atom is 0.348 e.